The molecule has 3 rings (SSSR count). The van der Waals surface area contributed by atoms with Crippen LogP contribution in [0.3, 0.4) is 0 Å². The van der Waals surface area contributed by atoms with Crippen molar-refractivity contribution in [2.75, 3.05) is 26.7 Å². The van der Waals surface area contributed by atoms with Gasteiger partial charge in [0.05, 0.1) is 6.54 Å². The number of aromatic nitrogens is 1. The third-order valence-corrected chi connectivity index (χ3v) is 6.07. The molecule has 2 heterocycles. The van der Waals surface area contributed by atoms with Gasteiger partial charge in [-0.25, -0.2) is 0 Å². The first-order chi connectivity index (χ1) is 15.5. The molecule has 170 valence electrons. The lowest BCUT2D eigenvalue weighted by Gasteiger charge is -2.33. The minimum Gasteiger partial charge on any atom is -0.380 e. The number of alkyl halides is 1. The van der Waals surface area contributed by atoms with Crippen LogP contribution in [0.15, 0.2) is 48.8 Å². The predicted molar refractivity (Wildman–Crippen MR) is 128 cm³/mol. The quantitative estimate of drug-likeness (QED) is 0.590. The molecule has 0 bridgehead atoms. The van der Waals surface area contributed by atoms with Crippen molar-refractivity contribution in [3.05, 3.63) is 71.2 Å². The number of pyridine rings is 1. The van der Waals surface area contributed by atoms with Gasteiger partial charge in [0.25, 0.3) is 0 Å². The molecule has 0 radical (unpaired) electrons. The fourth-order valence-electron chi connectivity index (χ4n) is 3.75. The van der Waals surface area contributed by atoms with E-state index in [0.29, 0.717) is 25.4 Å². The summed E-state index contributed by atoms with van der Waals surface area (Å²) in [5, 5.41) is 3.22. The van der Waals surface area contributed by atoms with Gasteiger partial charge < -0.3 is 15.1 Å². The van der Waals surface area contributed by atoms with E-state index in [1.165, 1.54) is 0 Å². The van der Waals surface area contributed by atoms with Crippen molar-refractivity contribution in [1.82, 2.24) is 20.1 Å². The zero-order valence-corrected chi connectivity index (χ0v) is 19.5. The molecule has 1 aromatic carbocycles. The molecule has 1 aromatic heterocycles. The first kappa shape index (κ1) is 23.8. The Morgan fingerprint density at radius 2 is 2.19 bits per heavy atom. The summed E-state index contributed by atoms with van der Waals surface area (Å²) < 4.78 is 0. The van der Waals surface area contributed by atoms with E-state index in [4.69, 9.17) is 11.6 Å². The molecule has 32 heavy (non-hydrogen) atoms. The number of hydrogen-bond donors (Lipinski definition) is 1. The van der Waals surface area contributed by atoms with Gasteiger partial charge >= 0.3 is 0 Å². The van der Waals surface area contributed by atoms with Crippen molar-refractivity contribution in [2.45, 2.75) is 38.1 Å². The summed E-state index contributed by atoms with van der Waals surface area (Å²) in [6, 6.07) is 11.5. The van der Waals surface area contributed by atoms with Crippen molar-refractivity contribution in [1.29, 1.82) is 0 Å². The van der Waals surface area contributed by atoms with Crippen molar-refractivity contribution in [2.24, 2.45) is 0 Å². The third-order valence-electron chi connectivity index (χ3n) is 5.76. The average molecular weight is 455 g/mol. The summed E-state index contributed by atoms with van der Waals surface area (Å²) in [7, 11) is 1.77. The van der Waals surface area contributed by atoms with E-state index >= 15 is 0 Å². The van der Waals surface area contributed by atoms with Gasteiger partial charge in [-0.3, -0.25) is 14.6 Å². The molecule has 1 unspecified atom stereocenters. The summed E-state index contributed by atoms with van der Waals surface area (Å²) in [5.74, 6) is 0.411. The minimum atomic E-state index is -0.311. The van der Waals surface area contributed by atoms with Crippen LogP contribution in [-0.4, -0.2) is 59.3 Å². The van der Waals surface area contributed by atoms with Gasteiger partial charge in [-0.1, -0.05) is 24.3 Å². The second-order valence-corrected chi connectivity index (χ2v) is 8.43. The van der Waals surface area contributed by atoms with Crippen LogP contribution >= 0.6 is 11.6 Å². The number of carbonyl (C=O) groups is 2. The summed E-state index contributed by atoms with van der Waals surface area (Å²) in [6.07, 6.45) is 7.86. The maximum absolute atomic E-state index is 12.9. The second-order valence-electron chi connectivity index (χ2n) is 8.17. The Balaban J connectivity index is 1.50. The van der Waals surface area contributed by atoms with Crippen molar-refractivity contribution in [3.63, 3.8) is 0 Å². The molecule has 1 N–H and O–H groups in total. The molecule has 0 saturated carbocycles. The number of nitrogens with one attached hydrogen (secondary N) is 1. The molecule has 2 aromatic rings. The fourth-order valence-corrected chi connectivity index (χ4v) is 3.92. The van der Waals surface area contributed by atoms with Gasteiger partial charge in [0.2, 0.25) is 11.8 Å². The maximum atomic E-state index is 12.9. The van der Waals surface area contributed by atoms with E-state index in [-0.39, 0.29) is 24.4 Å². The number of nitrogens with zero attached hydrogens (tertiary/aromatic N) is 3. The minimum absolute atomic E-state index is 0.0263. The van der Waals surface area contributed by atoms with E-state index in [1.54, 1.807) is 23.0 Å². The lowest BCUT2D eigenvalue weighted by Crippen LogP contribution is -2.52. The largest absolute Gasteiger partial charge is 0.380 e. The zero-order valence-electron chi connectivity index (χ0n) is 18.8. The number of rotatable bonds is 9. The summed E-state index contributed by atoms with van der Waals surface area (Å²) >= 11 is 5.89. The van der Waals surface area contributed by atoms with Crippen LogP contribution in [0.1, 0.15) is 35.2 Å². The van der Waals surface area contributed by atoms with Gasteiger partial charge in [0.1, 0.15) is 6.04 Å². The van der Waals surface area contributed by atoms with Crippen molar-refractivity contribution in [3.8, 4) is 0 Å². The highest BCUT2D eigenvalue weighted by Gasteiger charge is 2.29. The van der Waals surface area contributed by atoms with Crippen LogP contribution in [0.4, 0.5) is 0 Å². The molecule has 2 amide bonds. The van der Waals surface area contributed by atoms with Crippen LogP contribution in [0, 0.1) is 6.92 Å². The number of halogens is 1. The molecule has 1 atom stereocenters. The summed E-state index contributed by atoms with van der Waals surface area (Å²) in [5.41, 5.74) is 4.25. The van der Waals surface area contributed by atoms with Gasteiger partial charge in [-0.15, -0.1) is 11.6 Å². The van der Waals surface area contributed by atoms with Gasteiger partial charge in [0, 0.05) is 44.3 Å². The molecule has 7 heteroatoms. The Labute approximate surface area is 195 Å². The van der Waals surface area contributed by atoms with E-state index in [0.717, 1.165) is 35.2 Å². The van der Waals surface area contributed by atoms with E-state index in [2.05, 4.69) is 16.4 Å². The Morgan fingerprint density at radius 3 is 2.91 bits per heavy atom. The number of likely N-dealkylation sites (N-methyl/N-ethyl adjacent to an activating group) is 1. The lowest BCUT2D eigenvalue weighted by molar-refractivity contribution is -0.142. The first-order valence-electron chi connectivity index (χ1n) is 11.0. The topological polar surface area (TPSA) is 65.5 Å². The Bertz CT molecular complexity index is 948. The van der Waals surface area contributed by atoms with Crippen LogP contribution < -0.4 is 5.32 Å². The highest BCUT2D eigenvalue weighted by molar-refractivity contribution is 6.17. The van der Waals surface area contributed by atoms with Crippen LogP contribution in [-0.2, 0) is 21.9 Å². The average Bonchev–Trinajstić information content (AvgIpc) is 2.81. The highest BCUT2D eigenvalue weighted by atomic mass is 35.5. The van der Waals surface area contributed by atoms with Crippen LogP contribution in [0.5, 0.6) is 0 Å². The van der Waals surface area contributed by atoms with Crippen LogP contribution in [0.25, 0.3) is 6.08 Å². The standard InChI is InChI=1S/C25H31ClN4O2/c1-19-16-20(17-26)8-9-21(19)10-13-28-23-7-5-14-30(25(23)32)18-24(31)29(2)15-11-22-6-3-4-12-27-22/h3-4,6,8-10,12-13,16,23,28H,5,7,11,14-15,17-18H2,1-2H3/b13-10+. The summed E-state index contributed by atoms with van der Waals surface area (Å²) in [6.45, 7) is 3.33. The van der Waals surface area contributed by atoms with Crippen LogP contribution in [0.2, 0.25) is 0 Å². The monoisotopic (exact) mass is 454 g/mol. The van der Waals surface area contributed by atoms with E-state index < -0.39 is 0 Å². The Kier molecular flexibility index (Phi) is 8.68. The number of amides is 2. The second kappa shape index (κ2) is 11.7. The molecule has 1 aliphatic heterocycles. The molecular weight excluding hydrogens is 424 g/mol. The zero-order chi connectivity index (χ0) is 22.9. The van der Waals surface area contributed by atoms with E-state index in [1.807, 2.05) is 49.5 Å². The number of carbonyl (C=O) groups excluding carboxylic acids is 2. The molecule has 6 nitrogen and oxygen atoms in total. The molecule has 0 spiro atoms. The predicted octanol–water partition coefficient (Wildman–Crippen LogP) is 3.38. The first-order valence-corrected chi connectivity index (χ1v) is 11.5. The number of likely N-dealkylation sites (tertiary alicyclic amines) is 1. The normalized spacial score (nSPS) is 16.4. The highest BCUT2D eigenvalue weighted by Crippen LogP contribution is 2.15. The van der Waals surface area contributed by atoms with Gasteiger partial charge in [0.15, 0.2) is 0 Å². The maximum Gasteiger partial charge on any atom is 0.245 e. The summed E-state index contributed by atoms with van der Waals surface area (Å²) in [4.78, 5) is 33.2. The van der Waals surface area contributed by atoms with E-state index in [9.17, 15) is 9.59 Å². The molecule has 0 aliphatic carbocycles. The number of hydrogen-bond acceptors (Lipinski definition) is 4. The number of aryl methyl sites for hydroxylation is 1. The number of benzene rings is 1. The molecule has 1 aliphatic rings. The lowest BCUT2D eigenvalue weighted by atomic mass is 10.0. The van der Waals surface area contributed by atoms with Gasteiger partial charge in [-0.2, -0.15) is 0 Å². The smallest absolute Gasteiger partial charge is 0.245 e. The molecule has 1 fully saturated rings. The Morgan fingerprint density at radius 1 is 1.34 bits per heavy atom. The molecular formula is C25H31ClN4O2. The van der Waals surface area contributed by atoms with Crippen molar-refractivity contribution >= 4 is 29.5 Å². The third kappa shape index (κ3) is 6.57. The SMILES string of the molecule is Cc1cc(CCl)ccc1/C=C/NC1CCCN(CC(=O)N(C)CCc2ccccn2)C1=O. The van der Waals surface area contributed by atoms with Crippen molar-refractivity contribution < 1.29 is 9.59 Å². The number of piperidine rings is 1. The Hall–Kier alpha value is -2.86. The fraction of sp³-hybridized carbons (Fsp3) is 0.400. The van der Waals surface area contributed by atoms with Gasteiger partial charge in [-0.05, 0) is 60.9 Å². The molecule has 1 saturated heterocycles.